The second kappa shape index (κ2) is 8.68. The van der Waals surface area contributed by atoms with Gasteiger partial charge in [0.2, 0.25) is 5.91 Å². The molecule has 0 aliphatic heterocycles. The SMILES string of the molecule is NC(=O)c1cc(F)c(NC(C(N)=O)c2ccccc2)nc1Nc1ccc2ncccc2c1. The Labute approximate surface area is 182 Å². The first kappa shape index (κ1) is 20.7. The van der Waals surface area contributed by atoms with E-state index in [1.165, 1.54) is 0 Å². The smallest absolute Gasteiger partial charge is 0.252 e. The number of benzene rings is 2. The number of carbonyl (C=O) groups is 2. The van der Waals surface area contributed by atoms with E-state index in [0.717, 1.165) is 17.0 Å². The molecule has 9 heteroatoms. The van der Waals surface area contributed by atoms with E-state index in [0.29, 0.717) is 11.3 Å². The molecule has 1 atom stereocenters. The minimum atomic E-state index is -1.03. The van der Waals surface area contributed by atoms with Gasteiger partial charge in [0.15, 0.2) is 11.6 Å². The van der Waals surface area contributed by atoms with E-state index in [4.69, 9.17) is 11.5 Å². The molecule has 2 aromatic heterocycles. The first-order valence-corrected chi connectivity index (χ1v) is 9.65. The molecule has 0 aliphatic carbocycles. The van der Waals surface area contributed by atoms with Gasteiger partial charge in [-0.05, 0) is 35.9 Å². The van der Waals surface area contributed by atoms with Gasteiger partial charge in [-0.2, -0.15) is 0 Å². The number of pyridine rings is 2. The quantitative estimate of drug-likeness (QED) is 0.355. The summed E-state index contributed by atoms with van der Waals surface area (Å²) in [6, 6.07) is 17.6. The molecule has 160 valence electrons. The number of nitrogens with two attached hydrogens (primary N) is 2. The highest BCUT2D eigenvalue weighted by Crippen LogP contribution is 2.27. The standard InChI is InChI=1S/C23H19FN6O2/c24-17-12-16(20(25)31)22(28-15-8-9-18-14(11-15)7-4-10-27-18)30-23(17)29-19(21(26)32)13-5-2-1-3-6-13/h1-12,19H,(H2,25,31)(H2,26,32)(H2,28,29,30). The predicted octanol–water partition coefficient (Wildman–Crippen LogP) is 3.25. The van der Waals surface area contributed by atoms with E-state index < -0.39 is 23.7 Å². The third-order valence-electron chi connectivity index (χ3n) is 4.81. The van der Waals surface area contributed by atoms with Crippen LogP contribution in [0, 0.1) is 5.82 Å². The molecule has 0 aliphatic rings. The van der Waals surface area contributed by atoms with Crippen LogP contribution in [0.2, 0.25) is 0 Å². The Morgan fingerprint density at radius 1 is 0.938 bits per heavy atom. The van der Waals surface area contributed by atoms with Gasteiger partial charge in [0, 0.05) is 17.3 Å². The zero-order valence-electron chi connectivity index (χ0n) is 16.7. The first-order chi connectivity index (χ1) is 15.4. The van der Waals surface area contributed by atoms with Crippen molar-refractivity contribution in [3.8, 4) is 0 Å². The van der Waals surface area contributed by atoms with E-state index >= 15 is 0 Å². The van der Waals surface area contributed by atoms with Crippen molar-refractivity contribution >= 4 is 40.0 Å². The van der Waals surface area contributed by atoms with Crippen LogP contribution < -0.4 is 22.1 Å². The lowest BCUT2D eigenvalue weighted by Gasteiger charge is -2.19. The second-order valence-corrected chi connectivity index (χ2v) is 7.01. The summed E-state index contributed by atoms with van der Waals surface area (Å²) in [6.07, 6.45) is 1.68. The van der Waals surface area contributed by atoms with Crippen molar-refractivity contribution < 1.29 is 14.0 Å². The normalized spacial score (nSPS) is 11.7. The van der Waals surface area contributed by atoms with Crippen molar-refractivity contribution in [2.45, 2.75) is 6.04 Å². The van der Waals surface area contributed by atoms with Crippen molar-refractivity contribution in [2.75, 3.05) is 10.6 Å². The maximum Gasteiger partial charge on any atom is 0.252 e. The summed E-state index contributed by atoms with van der Waals surface area (Å²) in [5.41, 5.74) is 12.7. The fourth-order valence-corrected chi connectivity index (χ4v) is 3.26. The van der Waals surface area contributed by atoms with Gasteiger partial charge < -0.3 is 22.1 Å². The van der Waals surface area contributed by atoms with E-state index in [1.807, 2.05) is 6.07 Å². The number of amides is 2. The Morgan fingerprint density at radius 2 is 1.72 bits per heavy atom. The van der Waals surface area contributed by atoms with Crippen LogP contribution in [0.5, 0.6) is 0 Å². The summed E-state index contributed by atoms with van der Waals surface area (Å²) in [7, 11) is 0. The van der Waals surface area contributed by atoms with Crippen LogP contribution in [0.1, 0.15) is 22.0 Å². The van der Waals surface area contributed by atoms with Gasteiger partial charge >= 0.3 is 0 Å². The highest BCUT2D eigenvalue weighted by atomic mass is 19.1. The van der Waals surface area contributed by atoms with Gasteiger partial charge in [0.1, 0.15) is 11.9 Å². The van der Waals surface area contributed by atoms with Gasteiger partial charge in [-0.15, -0.1) is 0 Å². The van der Waals surface area contributed by atoms with Crippen LogP contribution in [-0.4, -0.2) is 21.8 Å². The molecule has 0 fully saturated rings. The maximum atomic E-state index is 14.8. The molecule has 1 unspecified atom stereocenters. The molecule has 2 heterocycles. The maximum absolute atomic E-state index is 14.8. The largest absolute Gasteiger partial charge is 0.368 e. The van der Waals surface area contributed by atoms with E-state index in [-0.39, 0.29) is 17.2 Å². The number of carbonyl (C=O) groups excluding carboxylic acids is 2. The number of fused-ring (bicyclic) bond motifs is 1. The average molecular weight is 430 g/mol. The summed E-state index contributed by atoms with van der Waals surface area (Å²) in [6.45, 7) is 0. The van der Waals surface area contributed by atoms with Crippen LogP contribution in [0.3, 0.4) is 0 Å². The van der Waals surface area contributed by atoms with Crippen LogP contribution in [0.4, 0.5) is 21.7 Å². The Morgan fingerprint density at radius 3 is 2.44 bits per heavy atom. The molecule has 4 aromatic rings. The molecule has 4 rings (SSSR count). The molecule has 2 aromatic carbocycles. The molecule has 32 heavy (non-hydrogen) atoms. The third kappa shape index (κ3) is 4.31. The molecular weight excluding hydrogens is 411 g/mol. The van der Waals surface area contributed by atoms with Crippen molar-refractivity contribution in [3.05, 3.63) is 89.9 Å². The summed E-state index contributed by atoms with van der Waals surface area (Å²) in [5, 5.41) is 6.57. The Balaban J connectivity index is 1.72. The van der Waals surface area contributed by atoms with Crippen LogP contribution in [-0.2, 0) is 4.79 Å². The van der Waals surface area contributed by atoms with Crippen molar-refractivity contribution in [3.63, 3.8) is 0 Å². The minimum Gasteiger partial charge on any atom is -0.368 e. The lowest BCUT2D eigenvalue weighted by Crippen LogP contribution is -2.28. The van der Waals surface area contributed by atoms with E-state index in [2.05, 4.69) is 20.6 Å². The summed E-state index contributed by atoms with van der Waals surface area (Å²) >= 11 is 0. The first-order valence-electron chi connectivity index (χ1n) is 9.65. The van der Waals surface area contributed by atoms with Crippen LogP contribution >= 0.6 is 0 Å². The Kier molecular flexibility index (Phi) is 5.63. The summed E-state index contributed by atoms with van der Waals surface area (Å²) in [5.74, 6) is -2.65. The number of rotatable bonds is 7. The highest BCUT2D eigenvalue weighted by molar-refractivity contribution is 5.99. The van der Waals surface area contributed by atoms with Gasteiger partial charge in [0.25, 0.3) is 5.91 Å². The number of nitrogens with one attached hydrogen (secondary N) is 2. The van der Waals surface area contributed by atoms with E-state index in [1.54, 1.807) is 60.8 Å². The number of halogens is 1. The molecular formula is C23H19FN6O2. The molecule has 2 amide bonds. The number of aromatic nitrogens is 2. The van der Waals surface area contributed by atoms with Gasteiger partial charge in [-0.1, -0.05) is 36.4 Å². The molecule has 6 N–H and O–H groups in total. The molecule has 0 radical (unpaired) electrons. The summed E-state index contributed by atoms with van der Waals surface area (Å²) in [4.78, 5) is 32.4. The number of anilines is 3. The molecule has 0 bridgehead atoms. The number of primary amides is 2. The predicted molar refractivity (Wildman–Crippen MR) is 120 cm³/mol. The zero-order chi connectivity index (χ0) is 22.7. The van der Waals surface area contributed by atoms with Gasteiger partial charge in [-0.3, -0.25) is 14.6 Å². The third-order valence-corrected chi connectivity index (χ3v) is 4.81. The van der Waals surface area contributed by atoms with Crippen LogP contribution in [0.15, 0.2) is 72.9 Å². The molecule has 0 saturated carbocycles. The van der Waals surface area contributed by atoms with Crippen molar-refractivity contribution in [2.24, 2.45) is 11.5 Å². The Hall–Kier alpha value is -4.53. The molecule has 0 spiro atoms. The lowest BCUT2D eigenvalue weighted by atomic mass is 10.1. The number of hydrogen-bond donors (Lipinski definition) is 4. The van der Waals surface area contributed by atoms with Crippen molar-refractivity contribution in [1.29, 1.82) is 0 Å². The van der Waals surface area contributed by atoms with Gasteiger partial charge in [-0.25, -0.2) is 9.37 Å². The second-order valence-electron chi connectivity index (χ2n) is 7.01. The highest BCUT2D eigenvalue weighted by Gasteiger charge is 2.22. The Bertz CT molecular complexity index is 1310. The number of hydrogen-bond acceptors (Lipinski definition) is 6. The summed E-state index contributed by atoms with van der Waals surface area (Å²) < 4.78 is 14.8. The van der Waals surface area contributed by atoms with Crippen LogP contribution in [0.25, 0.3) is 10.9 Å². The van der Waals surface area contributed by atoms with Gasteiger partial charge in [0.05, 0.1) is 11.1 Å². The molecule has 0 saturated heterocycles. The van der Waals surface area contributed by atoms with Crippen molar-refractivity contribution in [1.82, 2.24) is 9.97 Å². The minimum absolute atomic E-state index is 0.0286. The fourth-order valence-electron chi connectivity index (χ4n) is 3.26. The fraction of sp³-hybridized carbons (Fsp3) is 0.0435. The molecule has 8 nitrogen and oxygen atoms in total. The topological polar surface area (TPSA) is 136 Å². The monoisotopic (exact) mass is 430 g/mol. The van der Waals surface area contributed by atoms with E-state index in [9.17, 15) is 14.0 Å². The number of nitrogens with zero attached hydrogens (tertiary/aromatic N) is 2. The average Bonchev–Trinajstić information content (AvgIpc) is 2.79. The lowest BCUT2D eigenvalue weighted by molar-refractivity contribution is -0.118. The zero-order valence-corrected chi connectivity index (χ0v) is 16.7.